The molecule has 1 aromatic rings. The van der Waals surface area contributed by atoms with Gasteiger partial charge < -0.3 is 0 Å². The van der Waals surface area contributed by atoms with E-state index in [0.717, 1.165) is 12.1 Å². The number of rotatable bonds is 2. The Morgan fingerprint density at radius 1 is 1.44 bits per heavy atom. The molecule has 2 rings (SSSR count). The molecule has 1 saturated carbocycles. The summed E-state index contributed by atoms with van der Waals surface area (Å²) in [6.07, 6.45) is 0.496. The highest BCUT2D eigenvalue weighted by atomic mass is 35.5. The van der Waals surface area contributed by atoms with E-state index in [1.807, 2.05) is 0 Å². The van der Waals surface area contributed by atoms with Crippen LogP contribution < -0.4 is 0 Å². The van der Waals surface area contributed by atoms with Crippen molar-refractivity contribution in [3.63, 3.8) is 0 Å². The molecule has 0 heterocycles. The smallest absolute Gasteiger partial charge is 0.200 e. The van der Waals surface area contributed by atoms with E-state index in [-0.39, 0.29) is 17.9 Å². The molecule has 16 heavy (non-hydrogen) atoms. The average molecular weight is 260 g/mol. The summed E-state index contributed by atoms with van der Waals surface area (Å²) in [4.78, 5) is -0.487. The number of benzene rings is 1. The Kier molecular flexibility index (Phi) is 2.44. The molecule has 0 aromatic heterocycles. The van der Waals surface area contributed by atoms with Gasteiger partial charge in [0.05, 0.1) is 6.07 Å². The van der Waals surface area contributed by atoms with Gasteiger partial charge in [-0.3, -0.25) is 0 Å². The van der Waals surface area contributed by atoms with Crippen molar-refractivity contribution < 1.29 is 12.8 Å². The van der Waals surface area contributed by atoms with Gasteiger partial charge in [0.1, 0.15) is 10.7 Å². The first-order valence-corrected chi connectivity index (χ1v) is 6.40. The summed E-state index contributed by atoms with van der Waals surface area (Å²) in [6, 6.07) is 5.04. The Morgan fingerprint density at radius 2 is 2.06 bits per heavy atom. The molecule has 6 heteroatoms. The minimum Gasteiger partial charge on any atom is -0.222 e. The van der Waals surface area contributed by atoms with Gasteiger partial charge in [-0.2, -0.15) is 5.26 Å². The first kappa shape index (κ1) is 11.4. The van der Waals surface area contributed by atoms with Gasteiger partial charge in [-0.25, -0.2) is 12.8 Å². The lowest BCUT2D eigenvalue weighted by Crippen LogP contribution is -2.22. The van der Waals surface area contributed by atoms with Crippen LogP contribution in [0.3, 0.4) is 0 Å². The van der Waals surface area contributed by atoms with Crippen molar-refractivity contribution >= 4 is 21.4 Å². The molecule has 0 atom stereocenters. The van der Waals surface area contributed by atoms with Gasteiger partial charge in [0.25, 0.3) is 0 Å². The van der Waals surface area contributed by atoms with Crippen molar-refractivity contribution in [2.45, 2.75) is 22.5 Å². The van der Waals surface area contributed by atoms with E-state index >= 15 is 0 Å². The third-order valence-electron chi connectivity index (χ3n) is 2.61. The molecule has 1 aliphatic rings. The van der Waals surface area contributed by atoms with Crippen LogP contribution in [0.5, 0.6) is 0 Å². The molecule has 0 unspecified atom stereocenters. The van der Waals surface area contributed by atoms with E-state index in [1.54, 1.807) is 6.07 Å². The summed E-state index contributed by atoms with van der Waals surface area (Å²) in [5, 5.41) is 8.96. The predicted molar refractivity (Wildman–Crippen MR) is 56.2 cm³/mol. The molecule has 1 aliphatic carbocycles. The molecular formula is C10H7ClFNO2S. The van der Waals surface area contributed by atoms with Crippen molar-refractivity contribution in [1.82, 2.24) is 0 Å². The van der Waals surface area contributed by atoms with Crippen molar-refractivity contribution in [3.05, 3.63) is 29.0 Å². The van der Waals surface area contributed by atoms with Gasteiger partial charge in [-0.05, 0) is 31.0 Å². The second kappa shape index (κ2) is 3.44. The summed E-state index contributed by atoms with van der Waals surface area (Å²) in [7, 11) is -3.95. The maximum atomic E-state index is 13.4. The van der Waals surface area contributed by atoms with Crippen LogP contribution in [0, 0.1) is 17.1 Å². The Balaban J connectivity index is 2.62. The molecule has 1 fully saturated rings. The van der Waals surface area contributed by atoms with Crippen LogP contribution in [-0.2, 0) is 9.84 Å². The van der Waals surface area contributed by atoms with E-state index in [0.29, 0.717) is 0 Å². The minimum atomic E-state index is -3.95. The zero-order valence-corrected chi connectivity index (χ0v) is 9.65. The van der Waals surface area contributed by atoms with E-state index in [2.05, 4.69) is 0 Å². The monoisotopic (exact) mass is 259 g/mol. The fraction of sp³-hybridized carbons (Fsp3) is 0.300. The van der Waals surface area contributed by atoms with E-state index in [1.165, 1.54) is 6.07 Å². The predicted octanol–water partition coefficient (Wildman–Crippen LogP) is 2.31. The molecule has 0 spiro atoms. The topological polar surface area (TPSA) is 57.9 Å². The fourth-order valence-corrected chi connectivity index (χ4v) is 3.47. The van der Waals surface area contributed by atoms with Crippen LogP contribution in [-0.4, -0.2) is 13.2 Å². The quantitative estimate of drug-likeness (QED) is 0.819. The number of halogens is 2. The molecule has 0 radical (unpaired) electrons. The van der Waals surface area contributed by atoms with Crippen molar-refractivity contribution in [2.24, 2.45) is 0 Å². The second-order valence-electron chi connectivity index (χ2n) is 3.68. The Morgan fingerprint density at radius 3 is 2.56 bits per heavy atom. The van der Waals surface area contributed by atoms with Crippen molar-refractivity contribution in [3.8, 4) is 6.07 Å². The van der Waals surface area contributed by atoms with Crippen molar-refractivity contribution in [1.29, 1.82) is 5.26 Å². The van der Waals surface area contributed by atoms with Gasteiger partial charge >= 0.3 is 0 Å². The lowest BCUT2D eigenvalue weighted by atomic mass is 10.3. The summed E-state index contributed by atoms with van der Waals surface area (Å²) >= 11 is 5.62. The Labute approximate surface area is 97.4 Å². The van der Waals surface area contributed by atoms with Crippen LogP contribution in [0.15, 0.2) is 23.1 Å². The number of nitriles is 1. The van der Waals surface area contributed by atoms with Crippen LogP contribution in [0.4, 0.5) is 4.39 Å². The molecule has 3 nitrogen and oxygen atoms in total. The third-order valence-corrected chi connectivity index (χ3v) is 5.26. The van der Waals surface area contributed by atoms with E-state index in [4.69, 9.17) is 16.9 Å². The zero-order valence-electron chi connectivity index (χ0n) is 8.07. The number of hydrogen-bond acceptors (Lipinski definition) is 3. The van der Waals surface area contributed by atoms with Gasteiger partial charge in [-0.1, -0.05) is 11.6 Å². The maximum absolute atomic E-state index is 13.4. The largest absolute Gasteiger partial charge is 0.222 e. The SMILES string of the molecule is N#CC1(S(=O)(=O)c2cc(Cl)ccc2F)CC1. The highest BCUT2D eigenvalue weighted by molar-refractivity contribution is 7.93. The molecule has 1 aromatic carbocycles. The van der Waals surface area contributed by atoms with Gasteiger partial charge in [0.15, 0.2) is 14.6 Å². The zero-order chi connectivity index (χ0) is 12.0. The summed E-state index contributed by atoms with van der Waals surface area (Å²) in [5.74, 6) is -0.870. The summed E-state index contributed by atoms with van der Waals surface area (Å²) in [6.45, 7) is 0. The Bertz CT molecular complexity index is 587. The molecule has 0 saturated heterocycles. The second-order valence-corrected chi connectivity index (χ2v) is 6.35. The summed E-state index contributed by atoms with van der Waals surface area (Å²) in [5.41, 5.74) is 0. The van der Waals surface area contributed by atoms with Crippen LogP contribution in [0.1, 0.15) is 12.8 Å². The van der Waals surface area contributed by atoms with Crippen LogP contribution in [0.2, 0.25) is 5.02 Å². The third kappa shape index (κ3) is 1.49. The first-order chi connectivity index (χ1) is 7.43. The Hall–Kier alpha value is -1.12. The fourth-order valence-electron chi connectivity index (χ4n) is 1.45. The van der Waals surface area contributed by atoms with Crippen LogP contribution in [0.25, 0.3) is 0 Å². The number of hydrogen-bond donors (Lipinski definition) is 0. The van der Waals surface area contributed by atoms with Gasteiger partial charge in [-0.15, -0.1) is 0 Å². The van der Waals surface area contributed by atoms with Gasteiger partial charge in [0, 0.05) is 5.02 Å². The lowest BCUT2D eigenvalue weighted by Gasteiger charge is -2.09. The number of sulfone groups is 1. The molecular weight excluding hydrogens is 253 g/mol. The average Bonchev–Trinajstić information content (AvgIpc) is 3.02. The standard InChI is InChI=1S/C10H7ClFNO2S/c11-7-1-2-8(12)9(5-7)16(14,15)10(6-13)3-4-10/h1-2,5H,3-4H2. The highest BCUT2D eigenvalue weighted by Crippen LogP contribution is 2.46. The van der Waals surface area contributed by atoms with Crippen LogP contribution >= 0.6 is 11.6 Å². The van der Waals surface area contributed by atoms with Crippen molar-refractivity contribution in [2.75, 3.05) is 0 Å². The molecule has 84 valence electrons. The normalized spacial score (nSPS) is 17.8. The number of nitrogens with zero attached hydrogens (tertiary/aromatic N) is 1. The van der Waals surface area contributed by atoms with Gasteiger partial charge in [0.2, 0.25) is 0 Å². The molecule has 0 N–H and O–H groups in total. The lowest BCUT2D eigenvalue weighted by molar-refractivity contribution is 0.561. The van der Waals surface area contributed by atoms with E-state index < -0.39 is 25.3 Å². The molecule has 0 aliphatic heterocycles. The summed E-state index contributed by atoms with van der Waals surface area (Å²) < 4.78 is 36.0. The molecule has 0 amide bonds. The first-order valence-electron chi connectivity index (χ1n) is 4.54. The maximum Gasteiger partial charge on any atom is 0.200 e. The minimum absolute atomic E-state index is 0.133. The molecule has 0 bridgehead atoms. The van der Waals surface area contributed by atoms with E-state index in [9.17, 15) is 12.8 Å². The highest BCUT2D eigenvalue weighted by Gasteiger charge is 2.56.